The van der Waals surface area contributed by atoms with Gasteiger partial charge in [-0.15, -0.1) is 0 Å². The molecule has 0 atom stereocenters. The van der Waals surface area contributed by atoms with E-state index >= 15 is 0 Å². The Balaban J connectivity index is 1.98. The van der Waals surface area contributed by atoms with Crippen LogP contribution in [0.5, 0.6) is 11.5 Å². The van der Waals surface area contributed by atoms with E-state index in [0.717, 1.165) is 4.90 Å². The highest BCUT2D eigenvalue weighted by atomic mass is 79.9. The zero-order valence-electron chi connectivity index (χ0n) is 14.6. The predicted molar refractivity (Wildman–Crippen MR) is 109 cm³/mol. The van der Waals surface area contributed by atoms with Gasteiger partial charge in [-0.3, -0.25) is 4.79 Å². The summed E-state index contributed by atoms with van der Waals surface area (Å²) in [6, 6.07) is 9.52. The molecule has 0 radical (unpaired) electrons. The number of nitrogens with one attached hydrogen (secondary N) is 1. The summed E-state index contributed by atoms with van der Waals surface area (Å²) < 4.78 is 25.7. The summed E-state index contributed by atoms with van der Waals surface area (Å²) in [5.41, 5.74) is 1.04. The number of benzene rings is 2. The number of nitrogens with zero attached hydrogens (tertiary/aromatic N) is 1. The Bertz CT molecular complexity index is 949. The van der Waals surface area contributed by atoms with Gasteiger partial charge in [0.15, 0.2) is 16.6 Å². The molecule has 27 heavy (non-hydrogen) atoms. The maximum absolute atomic E-state index is 14.1. The lowest BCUT2D eigenvalue weighted by Crippen LogP contribution is -2.31. The van der Waals surface area contributed by atoms with Crippen molar-refractivity contribution in [3.63, 3.8) is 0 Å². The Morgan fingerprint density at radius 1 is 1.33 bits per heavy atom. The van der Waals surface area contributed by atoms with Crippen molar-refractivity contribution in [2.45, 2.75) is 6.92 Å². The fraction of sp³-hybridized carbons (Fsp3) is 0.158. The number of thiocarbonyl (C=S) groups is 1. The van der Waals surface area contributed by atoms with Gasteiger partial charge in [-0.25, -0.2) is 9.29 Å². The molecule has 0 unspecified atom stereocenters. The molecule has 0 spiro atoms. The number of anilines is 1. The standard InChI is InChI=1S/C19H16BrFN2O3S/c1-3-26-16-10-11(8-12(20)17(16)25-2)9-14-18(24)23(19(27)22-14)15-7-5-4-6-13(15)21/h4-10H,3H2,1-2H3,(H,22,27)/b14-9-. The molecule has 0 bridgehead atoms. The second kappa shape index (κ2) is 8.06. The smallest absolute Gasteiger partial charge is 0.281 e. The van der Waals surface area contributed by atoms with Crippen molar-refractivity contribution in [1.82, 2.24) is 5.32 Å². The van der Waals surface area contributed by atoms with Gasteiger partial charge < -0.3 is 14.8 Å². The van der Waals surface area contributed by atoms with Gasteiger partial charge in [-0.1, -0.05) is 12.1 Å². The van der Waals surface area contributed by atoms with Crippen molar-refractivity contribution in [2.24, 2.45) is 0 Å². The van der Waals surface area contributed by atoms with Crippen molar-refractivity contribution in [1.29, 1.82) is 0 Å². The summed E-state index contributed by atoms with van der Waals surface area (Å²) in [5.74, 6) is 0.144. The van der Waals surface area contributed by atoms with E-state index in [4.69, 9.17) is 21.7 Å². The zero-order valence-corrected chi connectivity index (χ0v) is 17.0. The first kappa shape index (κ1) is 19.3. The highest BCUT2D eigenvalue weighted by Gasteiger charge is 2.33. The molecule has 1 amide bonds. The third kappa shape index (κ3) is 3.81. The van der Waals surface area contributed by atoms with Crippen molar-refractivity contribution >= 4 is 50.9 Å². The summed E-state index contributed by atoms with van der Waals surface area (Å²) in [4.78, 5) is 13.9. The number of rotatable bonds is 5. The van der Waals surface area contributed by atoms with Crippen molar-refractivity contribution < 1.29 is 18.7 Å². The number of hydrogen-bond donors (Lipinski definition) is 1. The maximum Gasteiger partial charge on any atom is 0.281 e. The van der Waals surface area contributed by atoms with Crippen LogP contribution in [0.25, 0.3) is 6.08 Å². The van der Waals surface area contributed by atoms with E-state index in [1.165, 1.54) is 12.1 Å². The molecule has 1 N–H and O–H groups in total. The second-order valence-electron chi connectivity index (χ2n) is 5.55. The molecular weight excluding hydrogens is 435 g/mol. The molecule has 1 aliphatic heterocycles. The number of halogens is 2. The highest BCUT2D eigenvalue weighted by Crippen LogP contribution is 2.37. The molecule has 1 fully saturated rings. The van der Waals surface area contributed by atoms with Crippen LogP contribution < -0.4 is 19.7 Å². The average Bonchev–Trinajstić information content (AvgIpc) is 2.89. The molecule has 1 heterocycles. The van der Waals surface area contributed by atoms with E-state index < -0.39 is 11.7 Å². The molecule has 8 heteroatoms. The number of hydrogen-bond acceptors (Lipinski definition) is 4. The summed E-state index contributed by atoms with van der Waals surface area (Å²) in [7, 11) is 1.55. The van der Waals surface area contributed by atoms with Crippen LogP contribution in [-0.2, 0) is 4.79 Å². The average molecular weight is 451 g/mol. The largest absolute Gasteiger partial charge is 0.492 e. The number of amides is 1. The van der Waals surface area contributed by atoms with Crippen LogP contribution in [-0.4, -0.2) is 24.7 Å². The van der Waals surface area contributed by atoms with Crippen LogP contribution in [0.1, 0.15) is 12.5 Å². The molecule has 1 saturated heterocycles. The van der Waals surface area contributed by atoms with Crippen LogP contribution in [0, 0.1) is 5.82 Å². The van der Waals surface area contributed by atoms with Gasteiger partial charge in [0.1, 0.15) is 11.5 Å². The zero-order chi connectivity index (χ0) is 19.6. The lowest BCUT2D eigenvalue weighted by Gasteiger charge is -2.14. The van der Waals surface area contributed by atoms with Gasteiger partial charge >= 0.3 is 0 Å². The van der Waals surface area contributed by atoms with Crippen LogP contribution in [0.15, 0.2) is 46.6 Å². The quantitative estimate of drug-likeness (QED) is 0.544. The van der Waals surface area contributed by atoms with E-state index in [2.05, 4.69) is 21.2 Å². The van der Waals surface area contributed by atoms with Crippen molar-refractivity contribution in [3.05, 3.63) is 57.9 Å². The van der Waals surface area contributed by atoms with Crippen molar-refractivity contribution in [3.8, 4) is 11.5 Å². The summed E-state index contributed by atoms with van der Waals surface area (Å²) in [6.07, 6.45) is 1.63. The Kier molecular flexibility index (Phi) is 5.76. The summed E-state index contributed by atoms with van der Waals surface area (Å²) >= 11 is 8.66. The summed E-state index contributed by atoms with van der Waals surface area (Å²) in [6.45, 7) is 2.33. The summed E-state index contributed by atoms with van der Waals surface area (Å²) in [5, 5.41) is 2.96. The molecule has 5 nitrogen and oxygen atoms in total. The van der Waals surface area contributed by atoms with Gasteiger partial charge in [0, 0.05) is 0 Å². The van der Waals surface area contributed by atoms with E-state index in [9.17, 15) is 9.18 Å². The maximum atomic E-state index is 14.1. The SMILES string of the molecule is CCOc1cc(/C=C2\NC(=S)N(c3ccccc3F)C2=O)cc(Br)c1OC. The van der Waals surface area contributed by atoms with Gasteiger partial charge in [0.2, 0.25) is 0 Å². The minimum Gasteiger partial charge on any atom is -0.492 e. The number of ether oxygens (including phenoxy) is 2. The Labute approximate surface area is 169 Å². The van der Waals surface area contributed by atoms with Crippen LogP contribution in [0.4, 0.5) is 10.1 Å². The first-order valence-corrected chi connectivity index (χ1v) is 9.28. The second-order valence-corrected chi connectivity index (χ2v) is 6.79. The van der Waals surface area contributed by atoms with E-state index in [1.807, 2.05) is 6.92 Å². The fourth-order valence-corrected chi connectivity index (χ4v) is 3.60. The van der Waals surface area contributed by atoms with Crippen molar-refractivity contribution in [2.75, 3.05) is 18.6 Å². The number of carbonyl (C=O) groups excluding carboxylic acids is 1. The minimum atomic E-state index is -0.526. The molecule has 140 valence electrons. The van der Waals surface area contributed by atoms with E-state index in [1.54, 1.807) is 37.5 Å². The third-order valence-corrected chi connectivity index (χ3v) is 4.69. The van der Waals surface area contributed by atoms with Gasteiger partial charge in [0.25, 0.3) is 5.91 Å². The van der Waals surface area contributed by atoms with E-state index in [-0.39, 0.29) is 16.5 Å². The number of methoxy groups -OCH3 is 1. The van der Waals surface area contributed by atoms with Gasteiger partial charge in [-0.05, 0) is 71.0 Å². The van der Waals surface area contributed by atoms with E-state index in [0.29, 0.717) is 28.1 Å². The number of para-hydroxylation sites is 1. The third-order valence-electron chi connectivity index (χ3n) is 3.82. The first-order chi connectivity index (χ1) is 13.0. The first-order valence-electron chi connectivity index (χ1n) is 8.08. The topological polar surface area (TPSA) is 50.8 Å². The molecule has 3 rings (SSSR count). The molecule has 1 aliphatic rings. The minimum absolute atomic E-state index is 0.106. The molecule has 2 aromatic rings. The molecule has 0 saturated carbocycles. The molecule has 0 aliphatic carbocycles. The molecule has 0 aromatic heterocycles. The Hall–Kier alpha value is -2.45. The van der Waals surface area contributed by atoms with Gasteiger partial charge in [-0.2, -0.15) is 0 Å². The lowest BCUT2D eigenvalue weighted by molar-refractivity contribution is -0.113. The monoisotopic (exact) mass is 450 g/mol. The number of carbonyl (C=O) groups is 1. The fourth-order valence-electron chi connectivity index (χ4n) is 2.69. The molecular formula is C19H16BrFN2O3S. The Morgan fingerprint density at radius 3 is 2.74 bits per heavy atom. The predicted octanol–water partition coefficient (Wildman–Crippen LogP) is 4.26. The van der Waals surface area contributed by atoms with Gasteiger partial charge in [0.05, 0.1) is 23.9 Å². The normalized spacial score (nSPS) is 15.3. The lowest BCUT2D eigenvalue weighted by atomic mass is 10.1. The van der Waals surface area contributed by atoms with Crippen LogP contribution in [0.2, 0.25) is 0 Å². The van der Waals surface area contributed by atoms with Crippen LogP contribution in [0.3, 0.4) is 0 Å². The highest BCUT2D eigenvalue weighted by molar-refractivity contribution is 9.10. The van der Waals surface area contributed by atoms with Crippen LogP contribution >= 0.6 is 28.1 Å². The Morgan fingerprint density at radius 2 is 2.07 bits per heavy atom. The molecule has 2 aromatic carbocycles.